The lowest BCUT2D eigenvalue weighted by Crippen LogP contribution is -2.47. The number of thiophene rings is 1. The maximum absolute atomic E-state index is 12.6. The van der Waals surface area contributed by atoms with Crippen molar-refractivity contribution in [2.24, 2.45) is 0 Å². The van der Waals surface area contributed by atoms with Gasteiger partial charge in [-0.05, 0) is 29.1 Å². The van der Waals surface area contributed by atoms with Crippen LogP contribution in [-0.4, -0.2) is 17.9 Å². The molecule has 0 bridgehead atoms. The summed E-state index contributed by atoms with van der Waals surface area (Å²) in [6.45, 7) is 0.443. The molecule has 1 atom stereocenters. The highest BCUT2D eigenvalue weighted by atomic mass is 32.1. The largest absolute Gasteiger partial charge is 0.459 e. The van der Waals surface area contributed by atoms with E-state index in [1.54, 1.807) is 23.5 Å². The molecule has 25 heavy (non-hydrogen) atoms. The van der Waals surface area contributed by atoms with Gasteiger partial charge >= 0.3 is 0 Å². The molecule has 0 aliphatic rings. The Morgan fingerprint density at radius 2 is 1.88 bits per heavy atom. The van der Waals surface area contributed by atoms with Crippen molar-refractivity contribution in [3.63, 3.8) is 0 Å². The summed E-state index contributed by atoms with van der Waals surface area (Å²) in [6, 6.07) is 16.0. The molecule has 0 saturated heterocycles. The number of hydrogen-bond donors (Lipinski definition) is 2. The molecule has 2 amide bonds. The average Bonchev–Trinajstić information content (AvgIpc) is 3.33. The minimum Gasteiger partial charge on any atom is -0.459 e. The minimum atomic E-state index is -0.681. The van der Waals surface area contributed by atoms with Gasteiger partial charge in [0.1, 0.15) is 6.04 Å². The Morgan fingerprint density at radius 1 is 1.04 bits per heavy atom. The van der Waals surface area contributed by atoms with Crippen LogP contribution in [0.25, 0.3) is 0 Å². The summed E-state index contributed by atoms with van der Waals surface area (Å²) in [7, 11) is 0. The smallest absolute Gasteiger partial charge is 0.287 e. The SMILES string of the molecule is O=C(N[C@@H](Cc1ccccc1)C(=O)NCc1cccs1)c1ccco1. The van der Waals surface area contributed by atoms with Crippen molar-refractivity contribution in [3.8, 4) is 0 Å². The van der Waals surface area contributed by atoms with Gasteiger partial charge in [0.25, 0.3) is 5.91 Å². The Bertz CT molecular complexity index is 799. The van der Waals surface area contributed by atoms with Gasteiger partial charge in [-0.3, -0.25) is 9.59 Å². The number of furan rings is 1. The van der Waals surface area contributed by atoms with Crippen LogP contribution in [0.15, 0.2) is 70.7 Å². The van der Waals surface area contributed by atoms with Crippen LogP contribution >= 0.6 is 11.3 Å². The lowest BCUT2D eigenvalue weighted by atomic mass is 10.1. The molecule has 0 aliphatic carbocycles. The number of nitrogens with one attached hydrogen (secondary N) is 2. The van der Waals surface area contributed by atoms with Crippen molar-refractivity contribution in [2.45, 2.75) is 19.0 Å². The third kappa shape index (κ3) is 4.81. The third-order valence-electron chi connectivity index (χ3n) is 3.67. The van der Waals surface area contributed by atoms with E-state index in [2.05, 4.69) is 10.6 Å². The van der Waals surface area contributed by atoms with Crippen molar-refractivity contribution in [3.05, 3.63) is 82.4 Å². The van der Waals surface area contributed by atoms with Crippen molar-refractivity contribution in [1.29, 1.82) is 0 Å². The quantitative estimate of drug-likeness (QED) is 0.685. The molecular formula is C19H18N2O3S. The maximum Gasteiger partial charge on any atom is 0.287 e. The first kappa shape index (κ1) is 17.0. The first-order chi connectivity index (χ1) is 12.2. The number of amides is 2. The second kappa shape index (κ2) is 8.30. The fraction of sp³-hybridized carbons (Fsp3) is 0.158. The molecule has 0 unspecified atom stereocenters. The molecule has 2 aromatic heterocycles. The van der Waals surface area contributed by atoms with Gasteiger partial charge in [0.05, 0.1) is 12.8 Å². The summed E-state index contributed by atoms with van der Waals surface area (Å²) < 4.78 is 5.10. The molecule has 3 rings (SSSR count). The van der Waals surface area contributed by atoms with Crippen LogP contribution in [0.2, 0.25) is 0 Å². The van der Waals surface area contributed by atoms with Gasteiger partial charge in [-0.2, -0.15) is 0 Å². The first-order valence-electron chi connectivity index (χ1n) is 7.91. The number of hydrogen-bond acceptors (Lipinski definition) is 4. The van der Waals surface area contributed by atoms with Crippen molar-refractivity contribution in [2.75, 3.05) is 0 Å². The van der Waals surface area contributed by atoms with Gasteiger partial charge in [0.2, 0.25) is 5.91 Å². The highest BCUT2D eigenvalue weighted by molar-refractivity contribution is 7.09. The highest BCUT2D eigenvalue weighted by Gasteiger charge is 2.22. The Kier molecular flexibility index (Phi) is 5.64. The van der Waals surface area contributed by atoms with E-state index in [1.807, 2.05) is 47.8 Å². The molecule has 6 heteroatoms. The van der Waals surface area contributed by atoms with Crippen LogP contribution < -0.4 is 10.6 Å². The molecule has 0 spiro atoms. The molecule has 0 fully saturated rings. The number of rotatable bonds is 7. The summed E-state index contributed by atoms with van der Waals surface area (Å²) in [5.41, 5.74) is 0.971. The number of carbonyl (C=O) groups is 2. The van der Waals surface area contributed by atoms with Crippen LogP contribution in [-0.2, 0) is 17.8 Å². The van der Waals surface area contributed by atoms with E-state index in [4.69, 9.17) is 4.42 Å². The van der Waals surface area contributed by atoms with E-state index in [1.165, 1.54) is 6.26 Å². The van der Waals surface area contributed by atoms with Crippen molar-refractivity contribution >= 4 is 23.2 Å². The van der Waals surface area contributed by atoms with Crippen LogP contribution in [0.1, 0.15) is 21.0 Å². The second-order valence-corrected chi connectivity index (χ2v) is 6.52. The van der Waals surface area contributed by atoms with E-state index >= 15 is 0 Å². The average molecular weight is 354 g/mol. The molecule has 0 aliphatic heterocycles. The van der Waals surface area contributed by atoms with E-state index in [9.17, 15) is 9.59 Å². The zero-order chi connectivity index (χ0) is 17.5. The first-order valence-corrected chi connectivity index (χ1v) is 8.79. The normalized spacial score (nSPS) is 11.7. The standard InChI is InChI=1S/C19H18N2O3S/c22-18(20-13-15-8-5-11-25-15)16(12-14-6-2-1-3-7-14)21-19(23)17-9-4-10-24-17/h1-11,16H,12-13H2,(H,20,22)(H,21,23)/t16-/m0/s1. The molecule has 3 aromatic rings. The van der Waals surface area contributed by atoms with Gasteiger partial charge in [0.15, 0.2) is 5.76 Å². The number of benzene rings is 1. The predicted octanol–water partition coefficient (Wildman–Crippen LogP) is 3.00. The fourth-order valence-electron chi connectivity index (χ4n) is 2.41. The van der Waals surface area contributed by atoms with E-state index in [0.29, 0.717) is 13.0 Å². The topological polar surface area (TPSA) is 71.3 Å². The number of carbonyl (C=O) groups excluding carboxylic acids is 2. The predicted molar refractivity (Wildman–Crippen MR) is 96.3 cm³/mol. The highest BCUT2D eigenvalue weighted by Crippen LogP contribution is 2.09. The summed E-state index contributed by atoms with van der Waals surface area (Å²) in [4.78, 5) is 25.9. The lowest BCUT2D eigenvalue weighted by Gasteiger charge is -2.18. The minimum absolute atomic E-state index is 0.184. The van der Waals surface area contributed by atoms with Crippen LogP contribution in [0.4, 0.5) is 0 Å². The van der Waals surface area contributed by atoms with Crippen LogP contribution in [0, 0.1) is 0 Å². The van der Waals surface area contributed by atoms with Gasteiger partial charge < -0.3 is 15.1 Å². The van der Waals surface area contributed by atoms with Gasteiger partial charge in [-0.15, -0.1) is 11.3 Å². The van der Waals surface area contributed by atoms with Crippen LogP contribution in [0.5, 0.6) is 0 Å². The monoisotopic (exact) mass is 354 g/mol. The van der Waals surface area contributed by atoms with Gasteiger partial charge in [0, 0.05) is 11.3 Å². The molecular weight excluding hydrogens is 336 g/mol. The Hall–Kier alpha value is -2.86. The van der Waals surface area contributed by atoms with Crippen LogP contribution in [0.3, 0.4) is 0 Å². The molecule has 0 radical (unpaired) electrons. The summed E-state index contributed by atoms with van der Waals surface area (Å²) in [5.74, 6) is -0.446. The molecule has 2 N–H and O–H groups in total. The van der Waals surface area contributed by atoms with E-state index in [0.717, 1.165) is 10.4 Å². The van der Waals surface area contributed by atoms with E-state index < -0.39 is 11.9 Å². The summed E-state index contributed by atoms with van der Waals surface area (Å²) in [5, 5.41) is 7.60. The van der Waals surface area contributed by atoms with Crippen molar-refractivity contribution < 1.29 is 14.0 Å². The van der Waals surface area contributed by atoms with Gasteiger partial charge in [-0.1, -0.05) is 36.4 Å². The Balaban J connectivity index is 1.68. The molecule has 1 aromatic carbocycles. The fourth-order valence-corrected chi connectivity index (χ4v) is 3.05. The Morgan fingerprint density at radius 3 is 2.56 bits per heavy atom. The Labute approximate surface area is 149 Å². The lowest BCUT2D eigenvalue weighted by molar-refractivity contribution is -0.123. The molecule has 128 valence electrons. The summed E-state index contributed by atoms with van der Waals surface area (Å²) >= 11 is 1.58. The zero-order valence-electron chi connectivity index (χ0n) is 13.5. The third-order valence-corrected chi connectivity index (χ3v) is 4.54. The van der Waals surface area contributed by atoms with Gasteiger partial charge in [-0.25, -0.2) is 0 Å². The molecule has 0 saturated carbocycles. The summed E-state index contributed by atoms with van der Waals surface area (Å²) in [6.07, 6.45) is 1.83. The zero-order valence-corrected chi connectivity index (χ0v) is 14.3. The van der Waals surface area contributed by atoms with E-state index in [-0.39, 0.29) is 11.7 Å². The second-order valence-electron chi connectivity index (χ2n) is 5.49. The molecule has 2 heterocycles. The van der Waals surface area contributed by atoms with Crippen molar-refractivity contribution in [1.82, 2.24) is 10.6 Å². The molecule has 5 nitrogen and oxygen atoms in total. The maximum atomic E-state index is 12.6.